The SMILES string of the molecule is CCCn1c(SCCc2ccc(OC)cc2)n[nH]c1=O. The average Bonchev–Trinajstić information content (AvgIpc) is 2.82. The fraction of sp³-hybridized carbons (Fsp3) is 0.429. The standard InChI is InChI=1S/C14H19N3O2S/c1-3-9-17-13(18)15-16-14(17)20-10-8-11-4-6-12(19-2)7-5-11/h4-7H,3,8-10H2,1-2H3,(H,15,18). The van der Waals surface area contributed by atoms with Crippen LogP contribution < -0.4 is 10.4 Å². The van der Waals surface area contributed by atoms with Gasteiger partial charge in [0.15, 0.2) is 5.16 Å². The minimum Gasteiger partial charge on any atom is -0.497 e. The molecule has 1 heterocycles. The van der Waals surface area contributed by atoms with Crippen LogP contribution in [0.4, 0.5) is 0 Å². The van der Waals surface area contributed by atoms with E-state index in [1.807, 2.05) is 19.1 Å². The lowest BCUT2D eigenvalue weighted by Crippen LogP contribution is -2.17. The number of nitrogens with zero attached hydrogens (tertiary/aromatic N) is 2. The lowest BCUT2D eigenvalue weighted by Gasteiger charge is -2.04. The molecule has 0 saturated carbocycles. The molecule has 5 nitrogen and oxygen atoms in total. The number of aromatic nitrogens is 3. The van der Waals surface area contributed by atoms with Gasteiger partial charge >= 0.3 is 5.69 Å². The van der Waals surface area contributed by atoms with Crippen molar-refractivity contribution in [3.8, 4) is 5.75 Å². The predicted octanol–water partition coefficient (Wildman–Crippen LogP) is 2.32. The lowest BCUT2D eigenvalue weighted by molar-refractivity contribution is 0.414. The third-order valence-electron chi connectivity index (χ3n) is 2.95. The first-order valence-corrected chi connectivity index (χ1v) is 7.64. The average molecular weight is 293 g/mol. The van der Waals surface area contributed by atoms with Gasteiger partial charge in [-0.25, -0.2) is 9.89 Å². The maximum absolute atomic E-state index is 11.6. The van der Waals surface area contributed by atoms with Crippen molar-refractivity contribution in [2.75, 3.05) is 12.9 Å². The van der Waals surface area contributed by atoms with E-state index >= 15 is 0 Å². The minimum absolute atomic E-state index is 0.126. The van der Waals surface area contributed by atoms with E-state index in [1.165, 1.54) is 5.56 Å². The van der Waals surface area contributed by atoms with E-state index in [4.69, 9.17) is 4.74 Å². The predicted molar refractivity (Wildman–Crippen MR) is 80.6 cm³/mol. The number of methoxy groups -OCH3 is 1. The molecule has 0 fully saturated rings. The molecule has 2 aromatic rings. The Morgan fingerprint density at radius 2 is 2.10 bits per heavy atom. The second-order valence-electron chi connectivity index (χ2n) is 4.41. The van der Waals surface area contributed by atoms with E-state index in [0.29, 0.717) is 6.54 Å². The van der Waals surface area contributed by atoms with Crippen molar-refractivity contribution < 1.29 is 4.74 Å². The Hall–Kier alpha value is -1.69. The Balaban J connectivity index is 1.90. The van der Waals surface area contributed by atoms with Crippen LogP contribution in [0.3, 0.4) is 0 Å². The molecule has 0 radical (unpaired) electrons. The van der Waals surface area contributed by atoms with Gasteiger partial charge in [-0.05, 0) is 30.5 Å². The van der Waals surface area contributed by atoms with Gasteiger partial charge in [0.05, 0.1) is 7.11 Å². The zero-order valence-electron chi connectivity index (χ0n) is 11.8. The number of ether oxygens (including phenoxy) is 1. The van der Waals surface area contributed by atoms with Crippen LogP contribution in [0.1, 0.15) is 18.9 Å². The van der Waals surface area contributed by atoms with Crippen molar-refractivity contribution in [3.63, 3.8) is 0 Å². The van der Waals surface area contributed by atoms with E-state index in [0.717, 1.165) is 29.5 Å². The first-order valence-electron chi connectivity index (χ1n) is 6.65. The number of nitrogens with one attached hydrogen (secondary N) is 1. The van der Waals surface area contributed by atoms with Crippen LogP contribution in [0.15, 0.2) is 34.2 Å². The molecule has 0 bridgehead atoms. The molecular formula is C14H19N3O2S. The number of hydrogen-bond acceptors (Lipinski definition) is 4. The highest BCUT2D eigenvalue weighted by Gasteiger charge is 2.07. The van der Waals surface area contributed by atoms with E-state index in [-0.39, 0.29) is 5.69 Å². The van der Waals surface area contributed by atoms with Crippen LogP contribution >= 0.6 is 11.8 Å². The van der Waals surface area contributed by atoms with Crippen LogP contribution in [0, 0.1) is 0 Å². The van der Waals surface area contributed by atoms with Crippen molar-refractivity contribution in [2.24, 2.45) is 0 Å². The third-order valence-corrected chi connectivity index (χ3v) is 3.93. The summed E-state index contributed by atoms with van der Waals surface area (Å²) in [6.07, 6.45) is 1.85. The summed E-state index contributed by atoms with van der Waals surface area (Å²) >= 11 is 1.60. The van der Waals surface area contributed by atoms with Crippen molar-refractivity contribution in [1.82, 2.24) is 14.8 Å². The van der Waals surface area contributed by atoms with Gasteiger partial charge in [0, 0.05) is 12.3 Å². The normalized spacial score (nSPS) is 10.7. The van der Waals surface area contributed by atoms with Gasteiger partial charge in [0.2, 0.25) is 0 Å². The number of benzene rings is 1. The highest BCUT2D eigenvalue weighted by atomic mass is 32.2. The van der Waals surface area contributed by atoms with Gasteiger partial charge in [0.1, 0.15) is 5.75 Å². The monoisotopic (exact) mass is 293 g/mol. The number of thioether (sulfide) groups is 1. The minimum atomic E-state index is -0.126. The third kappa shape index (κ3) is 3.66. The molecule has 2 rings (SSSR count). The van der Waals surface area contributed by atoms with E-state index in [9.17, 15) is 4.79 Å². The zero-order valence-corrected chi connectivity index (χ0v) is 12.6. The number of rotatable bonds is 7. The molecule has 1 N–H and O–H groups in total. The maximum Gasteiger partial charge on any atom is 0.343 e. The Morgan fingerprint density at radius 3 is 2.75 bits per heavy atom. The summed E-state index contributed by atoms with van der Waals surface area (Å²) in [6, 6.07) is 8.04. The van der Waals surface area contributed by atoms with Gasteiger partial charge < -0.3 is 4.74 Å². The fourth-order valence-corrected chi connectivity index (χ4v) is 2.85. The summed E-state index contributed by atoms with van der Waals surface area (Å²) in [5.74, 6) is 1.76. The molecular weight excluding hydrogens is 274 g/mol. The molecule has 0 saturated heterocycles. The summed E-state index contributed by atoms with van der Waals surface area (Å²) in [4.78, 5) is 11.6. The lowest BCUT2D eigenvalue weighted by atomic mass is 10.2. The molecule has 0 spiro atoms. The largest absolute Gasteiger partial charge is 0.497 e. The quantitative estimate of drug-likeness (QED) is 0.796. The van der Waals surface area contributed by atoms with Gasteiger partial charge in [-0.3, -0.25) is 4.57 Å². The van der Waals surface area contributed by atoms with Gasteiger partial charge in [0.25, 0.3) is 0 Å². The van der Waals surface area contributed by atoms with E-state index in [2.05, 4.69) is 22.3 Å². The van der Waals surface area contributed by atoms with Gasteiger partial charge in [-0.15, -0.1) is 5.10 Å². The Kier molecular flexibility index (Phi) is 5.29. The molecule has 108 valence electrons. The van der Waals surface area contributed by atoms with E-state index < -0.39 is 0 Å². The van der Waals surface area contributed by atoms with Crippen molar-refractivity contribution in [2.45, 2.75) is 31.5 Å². The first kappa shape index (κ1) is 14.7. The number of aryl methyl sites for hydroxylation is 1. The second kappa shape index (κ2) is 7.19. The Labute approximate surface area is 122 Å². The number of aromatic amines is 1. The summed E-state index contributed by atoms with van der Waals surface area (Å²) in [5, 5.41) is 7.34. The summed E-state index contributed by atoms with van der Waals surface area (Å²) in [6.45, 7) is 2.76. The molecule has 0 unspecified atom stereocenters. The van der Waals surface area contributed by atoms with Gasteiger partial charge in [-0.1, -0.05) is 30.8 Å². The smallest absolute Gasteiger partial charge is 0.343 e. The van der Waals surface area contributed by atoms with Gasteiger partial charge in [-0.2, -0.15) is 0 Å². The van der Waals surface area contributed by atoms with Crippen LogP contribution in [-0.4, -0.2) is 27.6 Å². The Morgan fingerprint density at radius 1 is 1.35 bits per heavy atom. The first-order chi connectivity index (χ1) is 9.74. The molecule has 0 atom stereocenters. The molecule has 0 amide bonds. The molecule has 0 aliphatic carbocycles. The summed E-state index contributed by atoms with van der Waals surface area (Å²) < 4.78 is 6.82. The van der Waals surface area contributed by atoms with Crippen LogP contribution in [-0.2, 0) is 13.0 Å². The fourth-order valence-electron chi connectivity index (χ4n) is 1.89. The number of H-pyrrole nitrogens is 1. The number of hydrogen-bond donors (Lipinski definition) is 1. The molecule has 0 aliphatic rings. The Bertz CT molecular complexity index is 589. The summed E-state index contributed by atoms with van der Waals surface area (Å²) in [5.41, 5.74) is 1.12. The van der Waals surface area contributed by atoms with Crippen LogP contribution in [0.5, 0.6) is 5.75 Å². The molecule has 0 aliphatic heterocycles. The molecule has 20 heavy (non-hydrogen) atoms. The summed E-state index contributed by atoms with van der Waals surface area (Å²) in [7, 11) is 1.66. The second-order valence-corrected chi connectivity index (χ2v) is 5.47. The van der Waals surface area contributed by atoms with Crippen molar-refractivity contribution >= 4 is 11.8 Å². The molecule has 1 aromatic heterocycles. The molecule has 6 heteroatoms. The maximum atomic E-state index is 11.6. The highest BCUT2D eigenvalue weighted by molar-refractivity contribution is 7.99. The topological polar surface area (TPSA) is 59.9 Å². The van der Waals surface area contributed by atoms with Crippen molar-refractivity contribution in [1.29, 1.82) is 0 Å². The van der Waals surface area contributed by atoms with Crippen molar-refractivity contribution in [3.05, 3.63) is 40.3 Å². The van der Waals surface area contributed by atoms with Crippen LogP contribution in [0.2, 0.25) is 0 Å². The molecule has 1 aromatic carbocycles. The zero-order chi connectivity index (χ0) is 14.4. The van der Waals surface area contributed by atoms with Crippen LogP contribution in [0.25, 0.3) is 0 Å². The highest BCUT2D eigenvalue weighted by Crippen LogP contribution is 2.17. The van der Waals surface area contributed by atoms with E-state index in [1.54, 1.807) is 23.4 Å².